The van der Waals surface area contributed by atoms with E-state index >= 15 is 0 Å². The van der Waals surface area contributed by atoms with Gasteiger partial charge in [0.25, 0.3) is 5.56 Å². The maximum Gasteiger partial charge on any atom is 0.270 e. The summed E-state index contributed by atoms with van der Waals surface area (Å²) in [5, 5.41) is 3.22. The van der Waals surface area contributed by atoms with E-state index in [1.54, 1.807) is 4.68 Å². The van der Waals surface area contributed by atoms with E-state index in [0.717, 1.165) is 29.7 Å². The summed E-state index contributed by atoms with van der Waals surface area (Å²) >= 11 is 0. The smallest absolute Gasteiger partial charge is 0.270 e. The molecule has 2 rings (SSSR count). The van der Waals surface area contributed by atoms with Gasteiger partial charge in [0, 0.05) is 12.1 Å². The van der Waals surface area contributed by atoms with Crippen LogP contribution in [0, 0.1) is 6.92 Å². The maximum atomic E-state index is 12.2. The molecule has 3 heteroatoms. The van der Waals surface area contributed by atoms with E-state index in [2.05, 4.69) is 43.2 Å². The zero-order chi connectivity index (χ0) is 13.1. The predicted molar refractivity (Wildman–Crippen MR) is 74.9 cm³/mol. The summed E-state index contributed by atoms with van der Waals surface area (Å²) in [6.45, 7) is 6.83. The molecule has 0 saturated carbocycles. The van der Waals surface area contributed by atoms with E-state index in [4.69, 9.17) is 0 Å². The van der Waals surface area contributed by atoms with Crippen LogP contribution in [0.25, 0.3) is 11.3 Å². The molecule has 0 aliphatic rings. The minimum atomic E-state index is 0.120. The third-order valence-electron chi connectivity index (χ3n) is 3.21. The lowest BCUT2D eigenvalue weighted by atomic mass is 10.0. The van der Waals surface area contributed by atoms with E-state index < -0.39 is 0 Å². The Kier molecular flexibility index (Phi) is 3.70. The van der Waals surface area contributed by atoms with Gasteiger partial charge in [-0.15, -0.1) is 0 Å². The Morgan fingerprint density at radius 2 is 1.83 bits per heavy atom. The summed E-state index contributed by atoms with van der Waals surface area (Å²) < 4.78 is 1.68. The van der Waals surface area contributed by atoms with Crippen LogP contribution in [0.1, 0.15) is 31.4 Å². The van der Waals surface area contributed by atoms with Crippen molar-refractivity contribution >= 4 is 0 Å². The molecule has 0 spiro atoms. The Morgan fingerprint density at radius 1 is 1.17 bits per heavy atom. The van der Waals surface area contributed by atoms with Crippen molar-refractivity contribution in [3.63, 3.8) is 0 Å². The molecule has 1 heterocycles. The molecule has 0 bridgehead atoms. The van der Waals surface area contributed by atoms with Gasteiger partial charge in [0.1, 0.15) is 0 Å². The Balaban J connectivity index is 2.55. The molecule has 2 aromatic rings. The average molecular weight is 244 g/mol. The summed E-state index contributed by atoms with van der Waals surface area (Å²) in [7, 11) is 0. The fourth-order valence-electron chi connectivity index (χ4n) is 2.19. The van der Waals surface area contributed by atoms with Gasteiger partial charge in [0.05, 0.1) is 5.69 Å². The molecular formula is C15H20N2O. The Hall–Kier alpha value is -1.77. The van der Waals surface area contributed by atoms with E-state index in [9.17, 15) is 4.79 Å². The molecule has 0 radical (unpaired) electrons. The summed E-state index contributed by atoms with van der Waals surface area (Å²) in [6, 6.07) is 8.29. The molecule has 0 fully saturated rings. The van der Waals surface area contributed by atoms with Crippen LogP contribution in [-0.2, 0) is 13.0 Å². The molecule has 0 unspecified atom stereocenters. The first kappa shape index (κ1) is 12.7. The first-order valence-corrected chi connectivity index (χ1v) is 6.56. The van der Waals surface area contributed by atoms with Gasteiger partial charge in [-0.1, -0.05) is 43.2 Å². The number of aromatic amines is 1. The normalized spacial score (nSPS) is 10.8. The number of aryl methyl sites for hydroxylation is 2. The number of hydrogen-bond donors (Lipinski definition) is 1. The van der Waals surface area contributed by atoms with Crippen LogP contribution < -0.4 is 5.56 Å². The van der Waals surface area contributed by atoms with Crippen LogP contribution >= 0.6 is 0 Å². The highest BCUT2D eigenvalue weighted by Crippen LogP contribution is 2.21. The highest BCUT2D eigenvalue weighted by Gasteiger charge is 2.13. The lowest BCUT2D eigenvalue weighted by Gasteiger charge is -2.02. The van der Waals surface area contributed by atoms with Crippen molar-refractivity contribution in [2.24, 2.45) is 0 Å². The minimum absolute atomic E-state index is 0.120. The van der Waals surface area contributed by atoms with Crippen molar-refractivity contribution in [1.82, 2.24) is 9.78 Å². The molecular weight excluding hydrogens is 224 g/mol. The van der Waals surface area contributed by atoms with Crippen LogP contribution in [0.15, 0.2) is 29.1 Å². The van der Waals surface area contributed by atoms with Crippen molar-refractivity contribution in [2.75, 3.05) is 0 Å². The molecule has 18 heavy (non-hydrogen) atoms. The van der Waals surface area contributed by atoms with Gasteiger partial charge in [0.15, 0.2) is 0 Å². The van der Waals surface area contributed by atoms with Crippen LogP contribution in [0.4, 0.5) is 0 Å². The molecule has 0 atom stereocenters. The largest absolute Gasteiger partial charge is 0.295 e. The number of hydrogen-bond acceptors (Lipinski definition) is 1. The second-order valence-electron chi connectivity index (χ2n) is 4.63. The zero-order valence-electron chi connectivity index (χ0n) is 11.3. The Labute approximate surface area is 107 Å². The Bertz CT molecular complexity index is 576. The van der Waals surface area contributed by atoms with E-state index in [0.29, 0.717) is 6.54 Å². The minimum Gasteiger partial charge on any atom is -0.295 e. The zero-order valence-corrected chi connectivity index (χ0v) is 11.3. The molecule has 0 aliphatic carbocycles. The van der Waals surface area contributed by atoms with Gasteiger partial charge in [-0.05, 0) is 25.8 Å². The number of benzene rings is 1. The first-order valence-electron chi connectivity index (χ1n) is 6.56. The van der Waals surface area contributed by atoms with Crippen LogP contribution in [0.3, 0.4) is 0 Å². The van der Waals surface area contributed by atoms with Crippen LogP contribution in [0.2, 0.25) is 0 Å². The van der Waals surface area contributed by atoms with Crippen LogP contribution in [-0.4, -0.2) is 9.78 Å². The molecule has 3 nitrogen and oxygen atoms in total. The van der Waals surface area contributed by atoms with Gasteiger partial charge in [-0.2, -0.15) is 0 Å². The molecule has 0 aliphatic heterocycles. The van der Waals surface area contributed by atoms with Gasteiger partial charge in [-0.3, -0.25) is 14.6 Å². The first-order chi connectivity index (χ1) is 8.67. The van der Waals surface area contributed by atoms with E-state index in [1.807, 2.05) is 6.92 Å². The van der Waals surface area contributed by atoms with Gasteiger partial charge >= 0.3 is 0 Å². The standard InChI is InChI=1S/C15H20N2O/c1-4-6-13-14(16-17(5-2)15(13)18)12-9-7-11(3)8-10-12/h7-10,16H,4-6H2,1-3H3. The SMILES string of the molecule is CCCc1c(-c2ccc(C)cc2)[nH]n(CC)c1=O. The summed E-state index contributed by atoms with van der Waals surface area (Å²) in [6.07, 6.45) is 1.81. The van der Waals surface area contributed by atoms with Crippen molar-refractivity contribution in [3.8, 4) is 11.3 Å². The highest BCUT2D eigenvalue weighted by atomic mass is 16.1. The second kappa shape index (κ2) is 5.25. The van der Waals surface area contributed by atoms with Crippen molar-refractivity contribution in [1.29, 1.82) is 0 Å². The number of nitrogens with zero attached hydrogens (tertiary/aromatic N) is 1. The quantitative estimate of drug-likeness (QED) is 0.881. The van der Waals surface area contributed by atoms with Crippen molar-refractivity contribution < 1.29 is 0 Å². The number of nitrogens with one attached hydrogen (secondary N) is 1. The molecule has 1 aromatic carbocycles. The monoisotopic (exact) mass is 244 g/mol. The molecule has 0 saturated heterocycles. The third-order valence-corrected chi connectivity index (χ3v) is 3.21. The summed E-state index contributed by atoms with van der Waals surface area (Å²) in [5.41, 5.74) is 4.32. The Morgan fingerprint density at radius 3 is 2.39 bits per heavy atom. The lowest BCUT2D eigenvalue weighted by molar-refractivity contribution is 0.638. The van der Waals surface area contributed by atoms with Crippen molar-refractivity contribution in [3.05, 3.63) is 45.7 Å². The highest BCUT2D eigenvalue weighted by molar-refractivity contribution is 5.63. The third kappa shape index (κ3) is 2.26. The topological polar surface area (TPSA) is 37.8 Å². The van der Waals surface area contributed by atoms with Crippen LogP contribution in [0.5, 0.6) is 0 Å². The molecule has 1 N–H and O–H groups in total. The maximum absolute atomic E-state index is 12.2. The van der Waals surface area contributed by atoms with E-state index in [-0.39, 0.29) is 5.56 Å². The van der Waals surface area contributed by atoms with Crippen molar-refractivity contribution in [2.45, 2.75) is 40.2 Å². The number of aromatic nitrogens is 2. The van der Waals surface area contributed by atoms with Gasteiger partial charge in [0.2, 0.25) is 0 Å². The predicted octanol–water partition coefficient (Wildman–Crippen LogP) is 3.12. The molecule has 1 aromatic heterocycles. The van der Waals surface area contributed by atoms with Gasteiger partial charge in [-0.25, -0.2) is 0 Å². The van der Waals surface area contributed by atoms with E-state index in [1.165, 1.54) is 5.56 Å². The fourth-order valence-corrected chi connectivity index (χ4v) is 2.19. The summed E-state index contributed by atoms with van der Waals surface area (Å²) in [5.74, 6) is 0. The summed E-state index contributed by atoms with van der Waals surface area (Å²) in [4.78, 5) is 12.2. The lowest BCUT2D eigenvalue weighted by Crippen LogP contribution is -2.17. The average Bonchev–Trinajstić information content (AvgIpc) is 2.69. The van der Waals surface area contributed by atoms with Gasteiger partial charge < -0.3 is 0 Å². The molecule has 0 amide bonds. The molecule has 96 valence electrons. The fraction of sp³-hybridized carbons (Fsp3) is 0.400. The number of rotatable bonds is 4. The number of H-pyrrole nitrogens is 1. The second-order valence-corrected chi connectivity index (χ2v) is 4.63.